The predicted octanol–water partition coefficient (Wildman–Crippen LogP) is 1.89. The Kier molecular flexibility index (Phi) is 3.87. The number of rotatable bonds is 2. The Morgan fingerprint density at radius 3 is 3.13 bits per heavy atom. The van der Waals surface area contributed by atoms with Crippen molar-refractivity contribution in [1.29, 1.82) is 0 Å². The second kappa shape index (κ2) is 5.18. The lowest BCUT2D eigenvalue weighted by molar-refractivity contribution is -0.117. The van der Waals surface area contributed by atoms with Crippen LogP contribution in [0.25, 0.3) is 0 Å². The average Bonchev–Trinajstić information content (AvgIpc) is 2.70. The highest BCUT2D eigenvalue weighted by molar-refractivity contribution is 14.1. The molecule has 15 heavy (non-hydrogen) atoms. The van der Waals surface area contributed by atoms with Gasteiger partial charge in [-0.3, -0.25) is 10.1 Å². The summed E-state index contributed by atoms with van der Waals surface area (Å²) in [6.07, 6.45) is 0. The molecule has 1 atom stereocenters. The molecule has 2 rings (SSSR count). The van der Waals surface area contributed by atoms with Crippen LogP contribution in [0.5, 0.6) is 0 Å². The predicted molar refractivity (Wildman–Crippen MR) is 72.0 cm³/mol. The molecule has 3 nitrogen and oxygen atoms in total. The molecule has 0 spiro atoms. The summed E-state index contributed by atoms with van der Waals surface area (Å²) < 4.78 is 1.12. The highest BCUT2D eigenvalue weighted by Gasteiger charge is 2.22. The second-order valence-electron chi connectivity index (χ2n) is 3.27. The van der Waals surface area contributed by atoms with Crippen LogP contribution in [-0.4, -0.2) is 23.6 Å². The molecule has 1 amide bonds. The van der Waals surface area contributed by atoms with Gasteiger partial charge in [0.25, 0.3) is 0 Å². The maximum Gasteiger partial charge on any atom is 0.242 e. The number of amides is 1. The summed E-state index contributed by atoms with van der Waals surface area (Å²) in [4.78, 5) is 11.7. The van der Waals surface area contributed by atoms with E-state index in [9.17, 15) is 4.79 Å². The monoisotopic (exact) mass is 334 g/mol. The summed E-state index contributed by atoms with van der Waals surface area (Å²) in [5, 5.41) is 6.05. The van der Waals surface area contributed by atoms with E-state index in [1.54, 1.807) is 11.8 Å². The van der Waals surface area contributed by atoms with Crippen molar-refractivity contribution < 1.29 is 4.79 Å². The van der Waals surface area contributed by atoms with E-state index in [1.165, 1.54) is 0 Å². The number of halogens is 1. The molecule has 1 aliphatic heterocycles. The van der Waals surface area contributed by atoms with Crippen molar-refractivity contribution in [3.63, 3.8) is 0 Å². The summed E-state index contributed by atoms with van der Waals surface area (Å²) in [7, 11) is 0. The van der Waals surface area contributed by atoms with Gasteiger partial charge in [-0.2, -0.15) is 0 Å². The number of hydrogen-bond donors (Lipinski definition) is 2. The van der Waals surface area contributed by atoms with E-state index >= 15 is 0 Å². The van der Waals surface area contributed by atoms with Crippen LogP contribution in [0.1, 0.15) is 0 Å². The molecular formula is C10H11IN2OS. The molecule has 1 heterocycles. The van der Waals surface area contributed by atoms with Crippen LogP contribution in [0.2, 0.25) is 0 Å². The first kappa shape index (κ1) is 11.2. The summed E-state index contributed by atoms with van der Waals surface area (Å²) in [6, 6.07) is 7.75. The van der Waals surface area contributed by atoms with Crippen molar-refractivity contribution in [2.75, 3.05) is 16.9 Å². The van der Waals surface area contributed by atoms with E-state index in [-0.39, 0.29) is 11.9 Å². The van der Waals surface area contributed by atoms with Crippen molar-refractivity contribution in [2.45, 2.75) is 6.04 Å². The fourth-order valence-electron chi connectivity index (χ4n) is 1.36. The lowest BCUT2D eigenvalue weighted by Gasteiger charge is -2.10. The molecule has 1 aliphatic rings. The number of carbonyl (C=O) groups excluding carboxylic acids is 1. The molecule has 80 valence electrons. The zero-order valence-corrected chi connectivity index (χ0v) is 11.0. The van der Waals surface area contributed by atoms with Crippen LogP contribution in [0.15, 0.2) is 24.3 Å². The molecule has 2 N–H and O–H groups in total. The third kappa shape index (κ3) is 3.09. The minimum absolute atomic E-state index is 0.0483. The fourth-order valence-corrected chi connectivity index (χ4v) is 2.84. The van der Waals surface area contributed by atoms with E-state index < -0.39 is 0 Å². The molecular weight excluding hydrogens is 323 g/mol. The van der Waals surface area contributed by atoms with Crippen molar-refractivity contribution in [1.82, 2.24) is 5.32 Å². The molecule has 0 bridgehead atoms. The van der Waals surface area contributed by atoms with E-state index in [0.717, 1.165) is 20.9 Å². The van der Waals surface area contributed by atoms with Crippen LogP contribution in [0, 0.1) is 3.57 Å². The fraction of sp³-hybridized carbons (Fsp3) is 0.300. The Morgan fingerprint density at radius 2 is 2.47 bits per heavy atom. The quantitative estimate of drug-likeness (QED) is 0.812. The second-order valence-corrected chi connectivity index (χ2v) is 5.55. The molecule has 1 saturated heterocycles. The largest absolute Gasteiger partial charge is 0.325 e. The van der Waals surface area contributed by atoms with Crippen LogP contribution < -0.4 is 10.6 Å². The van der Waals surface area contributed by atoms with Crippen LogP contribution in [0.3, 0.4) is 0 Å². The SMILES string of the molecule is O=C(Nc1cccc(I)c1)[C@H]1CSCN1. The third-order valence-electron chi connectivity index (χ3n) is 2.12. The van der Waals surface area contributed by atoms with Gasteiger partial charge in [-0.15, -0.1) is 11.8 Å². The molecule has 1 fully saturated rings. The number of anilines is 1. The minimum atomic E-state index is -0.0483. The average molecular weight is 334 g/mol. The van der Waals surface area contributed by atoms with Gasteiger partial charge in [0.15, 0.2) is 0 Å². The number of benzene rings is 1. The highest BCUT2D eigenvalue weighted by atomic mass is 127. The van der Waals surface area contributed by atoms with Gasteiger partial charge in [-0.25, -0.2) is 0 Å². The molecule has 0 saturated carbocycles. The number of nitrogens with one attached hydrogen (secondary N) is 2. The van der Waals surface area contributed by atoms with Gasteiger partial charge in [0.2, 0.25) is 5.91 Å². The Hall–Kier alpha value is -0.270. The van der Waals surface area contributed by atoms with Crippen molar-refractivity contribution in [2.24, 2.45) is 0 Å². The minimum Gasteiger partial charge on any atom is -0.325 e. The number of carbonyl (C=O) groups is 1. The summed E-state index contributed by atoms with van der Waals surface area (Å²) in [5.41, 5.74) is 0.866. The van der Waals surface area contributed by atoms with Gasteiger partial charge < -0.3 is 5.32 Å². The third-order valence-corrected chi connectivity index (χ3v) is 3.74. The molecule has 5 heteroatoms. The topological polar surface area (TPSA) is 41.1 Å². The van der Waals surface area contributed by atoms with Gasteiger partial charge in [0.05, 0.1) is 6.04 Å². The van der Waals surface area contributed by atoms with Gasteiger partial charge >= 0.3 is 0 Å². The first-order chi connectivity index (χ1) is 7.25. The summed E-state index contributed by atoms with van der Waals surface area (Å²) >= 11 is 3.98. The zero-order chi connectivity index (χ0) is 10.7. The number of hydrogen-bond acceptors (Lipinski definition) is 3. The maximum atomic E-state index is 11.7. The van der Waals surface area contributed by atoms with Gasteiger partial charge in [0.1, 0.15) is 0 Å². The molecule has 1 aromatic carbocycles. The summed E-state index contributed by atoms with van der Waals surface area (Å²) in [5.74, 6) is 1.78. The van der Waals surface area contributed by atoms with Gasteiger partial charge in [-0.1, -0.05) is 6.07 Å². The van der Waals surface area contributed by atoms with Gasteiger partial charge in [-0.05, 0) is 40.8 Å². The van der Waals surface area contributed by atoms with E-state index in [0.29, 0.717) is 0 Å². The lowest BCUT2D eigenvalue weighted by atomic mass is 10.3. The van der Waals surface area contributed by atoms with Crippen molar-refractivity contribution in [3.8, 4) is 0 Å². The van der Waals surface area contributed by atoms with Crippen molar-refractivity contribution in [3.05, 3.63) is 27.8 Å². The molecule has 0 unspecified atom stereocenters. The Bertz CT molecular complexity index is 366. The molecule has 0 aliphatic carbocycles. The maximum absolute atomic E-state index is 11.7. The standard InChI is InChI=1S/C10H11IN2OS/c11-7-2-1-3-8(4-7)13-10(14)9-5-15-6-12-9/h1-4,9,12H,5-6H2,(H,13,14)/t9-/m1/s1. The molecule has 0 radical (unpaired) electrons. The lowest BCUT2D eigenvalue weighted by Crippen LogP contribution is -2.37. The first-order valence-corrected chi connectivity index (χ1v) is 6.86. The summed E-state index contributed by atoms with van der Waals surface area (Å²) in [6.45, 7) is 0. The number of thioether (sulfide) groups is 1. The van der Waals surface area contributed by atoms with Crippen molar-refractivity contribution >= 4 is 45.9 Å². The molecule has 1 aromatic rings. The smallest absolute Gasteiger partial charge is 0.242 e. The zero-order valence-electron chi connectivity index (χ0n) is 8.00. The highest BCUT2D eigenvalue weighted by Crippen LogP contribution is 2.15. The van der Waals surface area contributed by atoms with Crippen LogP contribution in [-0.2, 0) is 4.79 Å². The van der Waals surface area contributed by atoms with Crippen LogP contribution >= 0.6 is 34.4 Å². The Labute approximate surface area is 107 Å². The first-order valence-electron chi connectivity index (χ1n) is 4.63. The Morgan fingerprint density at radius 1 is 1.60 bits per heavy atom. The van der Waals surface area contributed by atoms with E-state index in [2.05, 4.69) is 33.2 Å². The Balaban J connectivity index is 1.99. The normalized spacial score (nSPS) is 20.2. The van der Waals surface area contributed by atoms with Crippen LogP contribution in [0.4, 0.5) is 5.69 Å². The van der Waals surface area contributed by atoms with Gasteiger partial charge in [0, 0.05) is 20.9 Å². The van der Waals surface area contributed by atoms with E-state index in [4.69, 9.17) is 0 Å². The van der Waals surface area contributed by atoms with E-state index in [1.807, 2.05) is 24.3 Å². The molecule has 0 aromatic heterocycles.